The normalized spacial score (nSPS) is 17.8. The highest BCUT2D eigenvalue weighted by molar-refractivity contribution is 7.10. The van der Waals surface area contributed by atoms with Gasteiger partial charge in [-0.3, -0.25) is 0 Å². The summed E-state index contributed by atoms with van der Waals surface area (Å²) in [6.45, 7) is 6.49. The summed E-state index contributed by atoms with van der Waals surface area (Å²) in [5.74, 6) is 0.139. The van der Waals surface area contributed by atoms with Crippen LogP contribution in [0.5, 0.6) is 0 Å². The third kappa shape index (κ3) is 2.00. The molecule has 2 unspecified atom stereocenters. The minimum Gasteiger partial charge on any atom is -0.384 e. The molecule has 2 atom stereocenters. The smallest absolute Gasteiger partial charge is 0.100 e. The Hall–Kier alpha value is -0.380. The van der Waals surface area contributed by atoms with E-state index in [4.69, 9.17) is 5.73 Å². The number of nitrogens with two attached hydrogens (primary N) is 1. The largest absolute Gasteiger partial charge is 0.384 e. The Morgan fingerprint density at radius 2 is 2.29 bits per heavy atom. The van der Waals surface area contributed by atoms with E-state index in [9.17, 15) is 5.11 Å². The molecule has 14 heavy (non-hydrogen) atoms. The second-order valence-corrected chi connectivity index (χ2v) is 4.84. The van der Waals surface area contributed by atoms with Crippen molar-refractivity contribution in [2.75, 3.05) is 6.54 Å². The standard InChI is InChI=1S/C11H19NOS/c1-4-9(7-12)11(3,13)10-8(2)5-6-14-10/h5-6,9,13H,4,7,12H2,1-3H3. The first kappa shape index (κ1) is 11.7. The Kier molecular flexibility index (Phi) is 3.70. The fourth-order valence-corrected chi connectivity index (χ4v) is 2.94. The molecule has 0 radical (unpaired) electrons. The van der Waals surface area contributed by atoms with E-state index in [1.165, 1.54) is 0 Å². The Bertz CT molecular complexity index is 289. The summed E-state index contributed by atoms with van der Waals surface area (Å²) in [6, 6.07) is 2.04. The highest BCUT2D eigenvalue weighted by Crippen LogP contribution is 2.36. The van der Waals surface area contributed by atoms with Gasteiger partial charge in [0.05, 0.1) is 0 Å². The first-order chi connectivity index (χ1) is 6.54. The van der Waals surface area contributed by atoms with Crippen molar-refractivity contribution in [3.63, 3.8) is 0 Å². The van der Waals surface area contributed by atoms with Gasteiger partial charge in [-0.15, -0.1) is 11.3 Å². The van der Waals surface area contributed by atoms with Crippen LogP contribution in [0.3, 0.4) is 0 Å². The van der Waals surface area contributed by atoms with Crippen molar-refractivity contribution in [1.82, 2.24) is 0 Å². The maximum Gasteiger partial charge on any atom is 0.100 e. The molecule has 1 aromatic rings. The van der Waals surface area contributed by atoms with E-state index in [2.05, 4.69) is 6.92 Å². The number of hydrogen-bond donors (Lipinski definition) is 2. The van der Waals surface area contributed by atoms with Gasteiger partial charge in [0.15, 0.2) is 0 Å². The summed E-state index contributed by atoms with van der Waals surface area (Å²) in [5, 5.41) is 12.5. The zero-order chi connectivity index (χ0) is 10.8. The SMILES string of the molecule is CCC(CN)C(C)(O)c1sccc1C. The maximum atomic E-state index is 10.4. The molecule has 1 heterocycles. The van der Waals surface area contributed by atoms with Gasteiger partial charge in [0.1, 0.15) is 5.60 Å². The fraction of sp³-hybridized carbons (Fsp3) is 0.636. The molecule has 3 N–H and O–H groups in total. The summed E-state index contributed by atoms with van der Waals surface area (Å²) < 4.78 is 0. The Labute approximate surface area is 89.8 Å². The Morgan fingerprint density at radius 1 is 1.64 bits per heavy atom. The lowest BCUT2D eigenvalue weighted by molar-refractivity contribution is -0.00106. The number of rotatable bonds is 4. The third-order valence-electron chi connectivity index (χ3n) is 2.89. The molecule has 0 saturated heterocycles. The van der Waals surface area contributed by atoms with Crippen LogP contribution in [-0.2, 0) is 5.60 Å². The average molecular weight is 213 g/mol. The average Bonchev–Trinajstić information content (AvgIpc) is 2.53. The van der Waals surface area contributed by atoms with Crippen LogP contribution in [0.2, 0.25) is 0 Å². The highest BCUT2D eigenvalue weighted by atomic mass is 32.1. The van der Waals surface area contributed by atoms with Gasteiger partial charge in [0.25, 0.3) is 0 Å². The van der Waals surface area contributed by atoms with Crippen molar-refractivity contribution in [2.45, 2.75) is 32.8 Å². The zero-order valence-corrected chi connectivity index (χ0v) is 9.90. The lowest BCUT2D eigenvalue weighted by atomic mass is 9.84. The first-order valence-corrected chi connectivity index (χ1v) is 5.89. The zero-order valence-electron chi connectivity index (χ0n) is 9.08. The number of aryl methyl sites for hydroxylation is 1. The minimum atomic E-state index is -0.776. The molecule has 0 aliphatic heterocycles. The van der Waals surface area contributed by atoms with Crippen LogP contribution in [0.25, 0.3) is 0 Å². The molecule has 3 heteroatoms. The molecule has 0 fully saturated rings. The van der Waals surface area contributed by atoms with E-state index in [1.54, 1.807) is 11.3 Å². The van der Waals surface area contributed by atoms with Crippen LogP contribution in [0, 0.1) is 12.8 Å². The second kappa shape index (κ2) is 4.43. The predicted octanol–water partition coefficient (Wildman–Crippen LogP) is 2.25. The Balaban J connectivity index is 3.00. The summed E-state index contributed by atoms with van der Waals surface area (Å²) >= 11 is 1.61. The quantitative estimate of drug-likeness (QED) is 0.806. The minimum absolute atomic E-state index is 0.139. The van der Waals surface area contributed by atoms with Crippen molar-refractivity contribution in [3.05, 3.63) is 21.9 Å². The van der Waals surface area contributed by atoms with Crippen LogP contribution in [-0.4, -0.2) is 11.7 Å². The molecule has 0 saturated carbocycles. The van der Waals surface area contributed by atoms with Crippen molar-refractivity contribution >= 4 is 11.3 Å². The van der Waals surface area contributed by atoms with E-state index >= 15 is 0 Å². The van der Waals surface area contributed by atoms with Crippen LogP contribution in [0.15, 0.2) is 11.4 Å². The van der Waals surface area contributed by atoms with Crippen LogP contribution < -0.4 is 5.73 Å². The molecule has 0 aromatic carbocycles. The molecular formula is C11H19NOS. The van der Waals surface area contributed by atoms with E-state index in [0.29, 0.717) is 6.54 Å². The van der Waals surface area contributed by atoms with Gasteiger partial charge in [-0.1, -0.05) is 6.92 Å². The maximum absolute atomic E-state index is 10.4. The molecule has 1 rings (SSSR count). The first-order valence-electron chi connectivity index (χ1n) is 5.01. The molecule has 0 bridgehead atoms. The molecule has 1 aromatic heterocycles. The number of thiophene rings is 1. The van der Waals surface area contributed by atoms with E-state index < -0.39 is 5.60 Å². The van der Waals surface area contributed by atoms with Gasteiger partial charge in [-0.05, 0) is 43.8 Å². The predicted molar refractivity (Wildman–Crippen MR) is 61.5 cm³/mol. The highest BCUT2D eigenvalue weighted by Gasteiger charge is 2.33. The van der Waals surface area contributed by atoms with Crippen molar-refractivity contribution in [1.29, 1.82) is 0 Å². The van der Waals surface area contributed by atoms with Gasteiger partial charge in [-0.2, -0.15) is 0 Å². The topological polar surface area (TPSA) is 46.2 Å². The van der Waals surface area contributed by atoms with Crippen molar-refractivity contribution in [2.24, 2.45) is 11.7 Å². The molecular weight excluding hydrogens is 194 g/mol. The van der Waals surface area contributed by atoms with Gasteiger partial charge in [0.2, 0.25) is 0 Å². The Morgan fingerprint density at radius 3 is 2.64 bits per heavy atom. The van der Waals surface area contributed by atoms with E-state index in [-0.39, 0.29) is 5.92 Å². The van der Waals surface area contributed by atoms with Gasteiger partial charge < -0.3 is 10.8 Å². The number of hydrogen-bond acceptors (Lipinski definition) is 3. The van der Waals surface area contributed by atoms with Crippen molar-refractivity contribution < 1.29 is 5.11 Å². The molecule has 0 spiro atoms. The van der Waals surface area contributed by atoms with Crippen LogP contribution in [0.4, 0.5) is 0 Å². The molecule has 2 nitrogen and oxygen atoms in total. The summed E-state index contributed by atoms with van der Waals surface area (Å²) in [4.78, 5) is 1.05. The lowest BCUT2D eigenvalue weighted by Gasteiger charge is -2.31. The van der Waals surface area contributed by atoms with E-state index in [1.807, 2.05) is 25.3 Å². The number of aliphatic hydroxyl groups is 1. The van der Waals surface area contributed by atoms with Crippen LogP contribution >= 0.6 is 11.3 Å². The van der Waals surface area contributed by atoms with Crippen LogP contribution in [0.1, 0.15) is 30.7 Å². The van der Waals surface area contributed by atoms with Gasteiger partial charge >= 0.3 is 0 Å². The fourth-order valence-electron chi connectivity index (χ4n) is 1.87. The summed E-state index contributed by atoms with van der Waals surface area (Å²) in [5.41, 5.74) is 6.05. The van der Waals surface area contributed by atoms with Crippen molar-refractivity contribution in [3.8, 4) is 0 Å². The molecule has 0 aliphatic carbocycles. The molecule has 80 valence electrons. The molecule has 0 aliphatic rings. The van der Waals surface area contributed by atoms with E-state index in [0.717, 1.165) is 16.9 Å². The summed E-state index contributed by atoms with van der Waals surface area (Å²) in [6.07, 6.45) is 0.904. The van der Waals surface area contributed by atoms with Gasteiger partial charge in [-0.25, -0.2) is 0 Å². The molecule has 0 amide bonds. The lowest BCUT2D eigenvalue weighted by Crippen LogP contribution is -2.36. The van der Waals surface area contributed by atoms with Gasteiger partial charge in [0, 0.05) is 10.8 Å². The third-order valence-corrected chi connectivity index (χ3v) is 4.14. The monoisotopic (exact) mass is 213 g/mol. The summed E-state index contributed by atoms with van der Waals surface area (Å²) in [7, 11) is 0. The second-order valence-electron chi connectivity index (χ2n) is 3.92.